The maximum Gasteiger partial charge on any atom is 0.255 e. The van der Waals surface area contributed by atoms with Crippen molar-refractivity contribution in [3.05, 3.63) is 29.5 Å². The molecule has 5 atom stereocenters. The first-order chi connectivity index (χ1) is 17.9. The van der Waals surface area contributed by atoms with Crippen molar-refractivity contribution < 1.29 is 23.5 Å². The maximum absolute atomic E-state index is 14.3. The molecule has 7 nitrogen and oxygen atoms in total. The minimum absolute atomic E-state index is 0.114. The molecule has 2 saturated carbocycles. The third-order valence-electron chi connectivity index (χ3n) is 8.82. The van der Waals surface area contributed by atoms with Gasteiger partial charge in [-0.05, 0) is 73.4 Å². The summed E-state index contributed by atoms with van der Waals surface area (Å²) in [5, 5.41) is 4.20. The van der Waals surface area contributed by atoms with E-state index in [1.54, 1.807) is 12.1 Å². The van der Waals surface area contributed by atoms with Crippen LogP contribution in [0.5, 0.6) is 11.6 Å². The van der Waals surface area contributed by atoms with Crippen molar-refractivity contribution in [1.29, 1.82) is 0 Å². The van der Waals surface area contributed by atoms with Crippen LogP contribution in [-0.4, -0.2) is 42.7 Å². The first kappa shape index (κ1) is 25.7. The highest BCUT2D eigenvalue weighted by Gasteiger charge is 2.42. The topological polar surface area (TPSA) is 104 Å². The van der Waals surface area contributed by atoms with Crippen LogP contribution in [0.4, 0.5) is 4.39 Å². The average Bonchev–Trinajstić information content (AvgIpc) is 3.41. The SMILES string of the molecule is CC[C@@H]1C(COc2nc(CC3CCC(CC4CCC4)C3)cc3cc(C(N)=O)c(OC)cc23)NC(=O)[C@@H]1F. The van der Waals surface area contributed by atoms with Crippen molar-refractivity contribution in [3.63, 3.8) is 0 Å². The molecule has 2 aliphatic carbocycles. The quantitative estimate of drug-likeness (QED) is 0.480. The second kappa shape index (κ2) is 10.8. The number of pyridine rings is 1. The molecule has 5 rings (SSSR count). The van der Waals surface area contributed by atoms with Gasteiger partial charge in [-0.3, -0.25) is 9.59 Å². The van der Waals surface area contributed by atoms with Gasteiger partial charge in [0.15, 0.2) is 6.17 Å². The number of fused-ring (bicyclic) bond motifs is 1. The van der Waals surface area contributed by atoms with E-state index in [1.807, 2.05) is 13.0 Å². The Morgan fingerprint density at radius 3 is 2.62 bits per heavy atom. The smallest absolute Gasteiger partial charge is 0.255 e. The van der Waals surface area contributed by atoms with Gasteiger partial charge in [0.2, 0.25) is 5.88 Å². The number of primary amides is 1. The van der Waals surface area contributed by atoms with Crippen molar-refractivity contribution in [2.24, 2.45) is 29.4 Å². The number of nitrogens with two attached hydrogens (primary N) is 1. The van der Waals surface area contributed by atoms with Gasteiger partial charge in [0.25, 0.3) is 11.8 Å². The molecule has 37 heavy (non-hydrogen) atoms. The van der Waals surface area contributed by atoms with Gasteiger partial charge in [0.1, 0.15) is 12.4 Å². The number of methoxy groups -OCH3 is 1. The molecule has 2 amide bonds. The molecule has 3 unspecified atom stereocenters. The Labute approximate surface area is 217 Å². The predicted octanol–water partition coefficient (Wildman–Crippen LogP) is 4.73. The zero-order valence-electron chi connectivity index (χ0n) is 21.8. The fourth-order valence-electron chi connectivity index (χ4n) is 6.55. The molecular formula is C29H38FN3O4. The first-order valence-electron chi connectivity index (χ1n) is 13.7. The lowest BCUT2D eigenvalue weighted by Gasteiger charge is -2.28. The van der Waals surface area contributed by atoms with E-state index < -0.39 is 29.9 Å². The highest BCUT2D eigenvalue weighted by atomic mass is 19.1. The van der Waals surface area contributed by atoms with Gasteiger partial charge in [-0.2, -0.15) is 0 Å². The molecule has 0 radical (unpaired) electrons. The number of halogens is 1. The van der Waals surface area contributed by atoms with Crippen LogP contribution in [0, 0.1) is 23.7 Å². The Morgan fingerprint density at radius 2 is 1.95 bits per heavy atom. The van der Waals surface area contributed by atoms with Crippen molar-refractivity contribution in [2.45, 2.75) is 76.9 Å². The van der Waals surface area contributed by atoms with Crippen molar-refractivity contribution >= 4 is 22.6 Å². The van der Waals surface area contributed by atoms with Crippen LogP contribution in [0.25, 0.3) is 10.8 Å². The second-order valence-corrected chi connectivity index (χ2v) is 11.2. The summed E-state index contributed by atoms with van der Waals surface area (Å²) < 4.78 is 25.9. The Kier molecular flexibility index (Phi) is 7.54. The summed E-state index contributed by atoms with van der Waals surface area (Å²) in [5.74, 6) is 1.46. The predicted molar refractivity (Wildman–Crippen MR) is 139 cm³/mol. The Morgan fingerprint density at radius 1 is 1.16 bits per heavy atom. The fraction of sp³-hybridized carbons (Fsp3) is 0.621. The molecule has 1 aromatic heterocycles. The average molecular weight is 512 g/mol. The third kappa shape index (κ3) is 5.39. The van der Waals surface area contributed by atoms with Crippen molar-refractivity contribution in [3.8, 4) is 11.6 Å². The van der Waals surface area contributed by atoms with Gasteiger partial charge in [0, 0.05) is 17.0 Å². The summed E-state index contributed by atoms with van der Waals surface area (Å²) >= 11 is 0. The van der Waals surface area contributed by atoms with Gasteiger partial charge in [0.05, 0.1) is 18.7 Å². The van der Waals surface area contributed by atoms with E-state index in [0.29, 0.717) is 34.9 Å². The molecule has 2 heterocycles. The second-order valence-electron chi connectivity index (χ2n) is 11.2. The number of benzene rings is 1. The van der Waals surface area contributed by atoms with E-state index in [2.05, 4.69) is 5.32 Å². The number of carbonyl (C=O) groups excluding carboxylic acids is 2. The molecule has 0 bridgehead atoms. The molecule has 1 aliphatic heterocycles. The van der Waals surface area contributed by atoms with E-state index in [4.69, 9.17) is 20.2 Å². The number of hydrogen-bond donors (Lipinski definition) is 2. The molecule has 1 saturated heterocycles. The number of nitrogens with one attached hydrogen (secondary N) is 1. The lowest BCUT2D eigenvalue weighted by molar-refractivity contribution is -0.123. The number of aromatic nitrogens is 1. The summed E-state index contributed by atoms with van der Waals surface area (Å²) in [7, 11) is 1.48. The molecule has 8 heteroatoms. The van der Waals surface area contributed by atoms with Crippen molar-refractivity contribution in [2.75, 3.05) is 13.7 Å². The van der Waals surface area contributed by atoms with Crippen molar-refractivity contribution in [1.82, 2.24) is 10.3 Å². The van der Waals surface area contributed by atoms with E-state index in [0.717, 1.165) is 29.3 Å². The summed E-state index contributed by atoms with van der Waals surface area (Å²) in [5.41, 5.74) is 6.82. The molecule has 2 aromatic rings. The van der Waals surface area contributed by atoms with Crippen LogP contribution in [0.15, 0.2) is 18.2 Å². The van der Waals surface area contributed by atoms with Gasteiger partial charge < -0.3 is 20.5 Å². The Hall–Kier alpha value is -2.90. The zero-order valence-corrected chi connectivity index (χ0v) is 21.8. The minimum Gasteiger partial charge on any atom is -0.496 e. The lowest BCUT2D eigenvalue weighted by Crippen LogP contribution is -2.35. The number of carbonyl (C=O) groups is 2. The third-order valence-corrected chi connectivity index (χ3v) is 8.82. The largest absolute Gasteiger partial charge is 0.496 e. The lowest BCUT2D eigenvalue weighted by atomic mass is 9.78. The Bertz CT molecular complexity index is 1170. The summed E-state index contributed by atoms with van der Waals surface area (Å²) in [6.07, 6.45) is 9.09. The van der Waals surface area contributed by atoms with E-state index in [9.17, 15) is 14.0 Å². The molecule has 3 fully saturated rings. The number of ether oxygens (including phenoxy) is 2. The first-order valence-corrected chi connectivity index (χ1v) is 13.7. The van der Waals surface area contributed by atoms with Crippen LogP contribution < -0.4 is 20.5 Å². The van der Waals surface area contributed by atoms with Gasteiger partial charge in [-0.25, -0.2) is 9.37 Å². The zero-order chi connectivity index (χ0) is 26.1. The molecule has 0 spiro atoms. The maximum atomic E-state index is 14.3. The molecule has 200 valence electrons. The van der Waals surface area contributed by atoms with E-state index in [1.165, 1.54) is 52.1 Å². The number of alkyl halides is 1. The van der Waals surface area contributed by atoms with E-state index >= 15 is 0 Å². The van der Waals surface area contributed by atoms with Crippen LogP contribution in [0.2, 0.25) is 0 Å². The summed E-state index contributed by atoms with van der Waals surface area (Å²) in [4.78, 5) is 28.9. The molecule has 1 aromatic carbocycles. The summed E-state index contributed by atoms with van der Waals surface area (Å²) in [6, 6.07) is 5.03. The van der Waals surface area contributed by atoms with Crippen LogP contribution in [0.3, 0.4) is 0 Å². The van der Waals surface area contributed by atoms with Crippen LogP contribution in [-0.2, 0) is 11.2 Å². The number of rotatable bonds is 10. The number of amides is 2. The highest BCUT2D eigenvalue weighted by Crippen LogP contribution is 2.42. The van der Waals surface area contributed by atoms with Gasteiger partial charge in [-0.1, -0.05) is 32.6 Å². The molecule has 3 N–H and O–H groups in total. The molecular weight excluding hydrogens is 473 g/mol. The highest BCUT2D eigenvalue weighted by molar-refractivity contribution is 6.01. The minimum atomic E-state index is -1.52. The van der Waals surface area contributed by atoms with E-state index in [-0.39, 0.29) is 6.61 Å². The Balaban J connectivity index is 1.40. The normalized spacial score (nSPS) is 27.8. The van der Waals surface area contributed by atoms with Crippen LogP contribution in [0.1, 0.15) is 74.3 Å². The standard InChI is InChI=1S/C29H38FN3O4/c1-3-21-24(33-28(35)26(21)30)15-37-29-22-14-25(36-2)23(27(31)34)13-19(22)12-20(32-29)11-18-8-7-17(10-18)9-16-5-4-6-16/h12-14,16-18,21,24,26H,3-11,15H2,1-2H3,(H2,31,34)(H,33,35)/t17?,18?,21-,24?,26-/m1/s1. The molecule has 3 aliphatic rings. The number of hydrogen-bond acceptors (Lipinski definition) is 5. The summed E-state index contributed by atoms with van der Waals surface area (Å²) in [6.45, 7) is 1.98. The number of nitrogens with zero attached hydrogens (tertiary/aromatic N) is 1. The van der Waals surface area contributed by atoms with Gasteiger partial charge >= 0.3 is 0 Å². The fourth-order valence-corrected chi connectivity index (χ4v) is 6.55. The van der Waals surface area contributed by atoms with Crippen LogP contribution >= 0.6 is 0 Å². The van der Waals surface area contributed by atoms with Gasteiger partial charge in [-0.15, -0.1) is 0 Å². The monoisotopic (exact) mass is 511 g/mol.